The molecule has 0 saturated heterocycles. The quantitative estimate of drug-likeness (QED) is 0.795. The lowest BCUT2D eigenvalue weighted by Gasteiger charge is -2.13. The van der Waals surface area contributed by atoms with Crippen LogP contribution in [0.25, 0.3) is 5.00 Å². The van der Waals surface area contributed by atoms with E-state index in [1.807, 2.05) is 6.92 Å². The van der Waals surface area contributed by atoms with E-state index in [2.05, 4.69) is 30.5 Å². The van der Waals surface area contributed by atoms with Crippen LogP contribution in [0.3, 0.4) is 0 Å². The maximum atomic E-state index is 12.5. The Morgan fingerprint density at radius 1 is 1.24 bits per heavy atom. The molecule has 112 valence electrons. The normalized spacial score (nSPS) is 14.0. The Bertz CT molecular complexity index is 662. The van der Waals surface area contributed by atoms with E-state index in [1.165, 1.54) is 23.3 Å². The molecule has 21 heavy (non-hydrogen) atoms. The molecule has 0 saturated carbocycles. The van der Waals surface area contributed by atoms with Gasteiger partial charge in [0.25, 0.3) is 0 Å². The summed E-state index contributed by atoms with van der Waals surface area (Å²) in [4.78, 5) is 13.9. The molecule has 3 rings (SSSR count). The van der Waals surface area contributed by atoms with Crippen molar-refractivity contribution in [2.24, 2.45) is 0 Å². The molecule has 0 fully saturated rings. The van der Waals surface area contributed by atoms with Gasteiger partial charge in [-0.1, -0.05) is 0 Å². The van der Waals surface area contributed by atoms with Gasteiger partial charge in [0.15, 0.2) is 0 Å². The number of ether oxygens (including phenoxy) is 1. The highest BCUT2D eigenvalue weighted by molar-refractivity contribution is 7.15. The monoisotopic (exact) mass is 303 g/mol. The summed E-state index contributed by atoms with van der Waals surface area (Å²) < 4.78 is 7.51. The third-order valence-electron chi connectivity index (χ3n) is 4.11. The van der Waals surface area contributed by atoms with Crippen LogP contribution in [0.5, 0.6) is 0 Å². The third kappa shape index (κ3) is 2.42. The van der Waals surface area contributed by atoms with Gasteiger partial charge in [-0.2, -0.15) is 0 Å². The number of hydrogen-bond donors (Lipinski definition) is 0. The first-order valence-corrected chi connectivity index (χ1v) is 8.42. The van der Waals surface area contributed by atoms with Crippen LogP contribution in [0.1, 0.15) is 52.0 Å². The van der Waals surface area contributed by atoms with Crippen molar-refractivity contribution in [3.63, 3.8) is 0 Å². The molecule has 2 aromatic heterocycles. The number of fused-ring (bicyclic) bond motifs is 1. The lowest BCUT2D eigenvalue weighted by Crippen LogP contribution is -2.12. The number of hydrogen-bond acceptors (Lipinski definition) is 3. The van der Waals surface area contributed by atoms with Crippen LogP contribution in [0.2, 0.25) is 0 Å². The number of aromatic nitrogens is 1. The summed E-state index contributed by atoms with van der Waals surface area (Å²) in [5, 5.41) is 1.04. The summed E-state index contributed by atoms with van der Waals surface area (Å²) in [5.74, 6) is -0.167. The van der Waals surface area contributed by atoms with E-state index in [0.717, 1.165) is 34.8 Å². The van der Waals surface area contributed by atoms with Gasteiger partial charge in [-0.15, -0.1) is 11.3 Å². The number of esters is 1. The minimum Gasteiger partial charge on any atom is -0.462 e. The number of carbonyl (C=O) groups excluding carboxylic acids is 1. The van der Waals surface area contributed by atoms with Crippen molar-refractivity contribution >= 4 is 17.3 Å². The van der Waals surface area contributed by atoms with E-state index in [0.29, 0.717) is 6.61 Å². The summed E-state index contributed by atoms with van der Waals surface area (Å²) in [7, 11) is 0. The zero-order valence-electron chi connectivity index (χ0n) is 12.9. The van der Waals surface area contributed by atoms with Gasteiger partial charge in [0.2, 0.25) is 0 Å². The smallest absolute Gasteiger partial charge is 0.341 e. The van der Waals surface area contributed by atoms with E-state index in [-0.39, 0.29) is 5.97 Å². The maximum absolute atomic E-state index is 12.5. The third-order valence-corrected chi connectivity index (χ3v) is 5.38. The van der Waals surface area contributed by atoms with Gasteiger partial charge in [-0.25, -0.2) is 4.79 Å². The average molecular weight is 303 g/mol. The first-order chi connectivity index (χ1) is 10.1. The molecule has 0 atom stereocenters. The minimum atomic E-state index is -0.167. The number of nitrogens with zero attached hydrogens (tertiary/aromatic N) is 1. The Morgan fingerprint density at radius 3 is 2.57 bits per heavy atom. The molecule has 0 aliphatic heterocycles. The van der Waals surface area contributed by atoms with E-state index in [9.17, 15) is 4.79 Å². The maximum Gasteiger partial charge on any atom is 0.341 e. The van der Waals surface area contributed by atoms with Crippen LogP contribution in [-0.2, 0) is 17.6 Å². The largest absolute Gasteiger partial charge is 0.462 e. The molecular formula is C17H21NO2S. The summed E-state index contributed by atoms with van der Waals surface area (Å²) in [6.45, 7) is 6.45. The molecular weight excluding hydrogens is 282 g/mol. The molecule has 0 bridgehead atoms. The van der Waals surface area contributed by atoms with Crippen LogP contribution in [0.4, 0.5) is 0 Å². The zero-order chi connectivity index (χ0) is 15.0. The van der Waals surface area contributed by atoms with Gasteiger partial charge >= 0.3 is 5.97 Å². The number of aryl methyl sites for hydroxylation is 3. The topological polar surface area (TPSA) is 31.2 Å². The second-order valence-corrected chi connectivity index (χ2v) is 6.65. The Balaban J connectivity index is 2.20. The standard InChI is InChI=1S/C17H21NO2S/c1-4-20-17(19)15-13-7-5-6-8-14(13)21-16(15)18-11(2)9-10-12(18)3/h9-10H,4-8H2,1-3H3. The molecule has 4 heteroatoms. The number of carbonyl (C=O) groups is 1. The number of rotatable bonds is 3. The van der Waals surface area contributed by atoms with Gasteiger partial charge in [-0.3, -0.25) is 0 Å². The predicted octanol–water partition coefficient (Wildman–Crippen LogP) is 4.21. The van der Waals surface area contributed by atoms with Gasteiger partial charge < -0.3 is 9.30 Å². The van der Waals surface area contributed by atoms with Crippen molar-refractivity contribution < 1.29 is 9.53 Å². The highest BCUT2D eigenvalue weighted by Gasteiger charge is 2.27. The molecule has 0 aromatic carbocycles. The second kappa shape index (κ2) is 5.68. The van der Waals surface area contributed by atoms with E-state index < -0.39 is 0 Å². The minimum absolute atomic E-state index is 0.167. The molecule has 3 nitrogen and oxygen atoms in total. The van der Waals surface area contributed by atoms with Gasteiger partial charge in [0.05, 0.1) is 12.2 Å². The van der Waals surface area contributed by atoms with Crippen LogP contribution < -0.4 is 0 Å². The van der Waals surface area contributed by atoms with E-state index in [4.69, 9.17) is 4.74 Å². The molecule has 0 amide bonds. The molecule has 2 aromatic rings. The Kier molecular flexibility index (Phi) is 3.89. The summed E-state index contributed by atoms with van der Waals surface area (Å²) in [5.41, 5.74) is 4.36. The second-order valence-electron chi connectivity index (χ2n) is 5.56. The highest BCUT2D eigenvalue weighted by Crippen LogP contribution is 2.38. The fourth-order valence-electron chi connectivity index (χ4n) is 3.11. The van der Waals surface area contributed by atoms with Crippen LogP contribution in [0, 0.1) is 13.8 Å². The van der Waals surface area contributed by atoms with Crippen LogP contribution in [0.15, 0.2) is 12.1 Å². The molecule has 2 heterocycles. The highest BCUT2D eigenvalue weighted by atomic mass is 32.1. The van der Waals surface area contributed by atoms with Crippen LogP contribution >= 0.6 is 11.3 Å². The predicted molar refractivity (Wildman–Crippen MR) is 85.7 cm³/mol. The van der Waals surface area contributed by atoms with Gasteiger partial charge in [0.1, 0.15) is 5.00 Å². The van der Waals surface area contributed by atoms with Crippen molar-refractivity contribution in [1.82, 2.24) is 4.57 Å². The SMILES string of the molecule is CCOC(=O)c1c(-n2c(C)ccc2C)sc2c1CCCC2. The first kappa shape index (κ1) is 14.4. The van der Waals surface area contributed by atoms with Crippen molar-refractivity contribution in [3.05, 3.63) is 39.5 Å². The zero-order valence-corrected chi connectivity index (χ0v) is 13.7. The van der Waals surface area contributed by atoms with Crippen molar-refractivity contribution in [1.29, 1.82) is 0 Å². The van der Waals surface area contributed by atoms with Gasteiger partial charge in [0, 0.05) is 16.3 Å². The summed E-state index contributed by atoms with van der Waals surface area (Å²) in [6, 6.07) is 4.20. The van der Waals surface area contributed by atoms with Gasteiger partial charge in [-0.05, 0) is 64.2 Å². The van der Waals surface area contributed by atoms with Crippen molar-refractivity contribution in [3.8, 4) is 5.00 Å². The van der Waals surface area contributed by atoms with Crippen molar-refractivity contribution in [2.45, 2.75) is 46.5 Å². The Labute approximate surface area is 129 Å². The van der Waals surface area contributed by atoms with Crippen molar-refractivity contribution in [2.75, 3.05) is 6.61 Å². The molecule has 1 aliphatic carbocycles. The summed E-state index contributed by atoms with van der Waals surface area (Å²) >= 11 is 1.76. The Morgan fingerprint density at radius 2 is 1.90 bits per heavy atom. The van der Waals surface area contributed by atoms with E-state index in [1.54, 1.807) is 11.3 Å². The van der Waals surface area contributed by atoms with E-state index >= 15 is 0 Å². The van der Waals surface area contributed by atoms with Crippen LogP contribution in [-0.4, -0.2) is 17.1 Å². The lowest BCUT2D eigenvalue weighted by molar-refractivity contribution is 0.0525. The molecule has 0 spiro atoms. The molecule has 0 unspecified atom stereocenters. The summed E-state index contributed by atoms with van der Waals surface area (Å²) in [6.07, 6.45) is 4.48. The lowest BCUT2D eigenvalue weighted by atomic mass is 9.95. The number of thiophene rings is 1. The fraction of sp³-hybridized carbons (Fsp3) is 0.471. The fourth-order valence-corrected chi connectivity index (χ4v) is 4.61. The first-order valence-electron chi connectivity index (χ1n) is 7.60. The Hall–Kier alpha value is -1.55. The molecule has 0 radical (unpaired) electrons. The molecule has 1 aliphatic rings. The average Bonchev–Trinajstić information content (AvgIpc) is 2.99. The molecule has 0 N–H and O–H groups in total.